The van der Waals surface area contributed by atoms with Gasteiger partial charge in [0.05, 0.1) is 17.7 Å². The number of amides is 1. The number of hydrogen-bond donors (Lipinski definition) is 3. The highest BCUT2D eigenvalue weighted by atomic mass is 35.5. The van der Waals surface area contributed by atoms with Gasteiger partial charge < -0.3 is 20.3 Å². The van der Waals surface area contributed by atoms with E-state index in [4.69, 9.17) is 16.7 Å². The Bertz CT molecular complexity index is 1240. The van der Waals surface area contributed by atoms with Crippen LogP contribution in [-0.2, 0) is 21.3 Å². The van der Waals surface area contributed by atoms with E-state index in [0.29, 0.717) is 29.2 Å². The monoisotopic (exact) mass is 560 g/mol. The number of carbonyl (C=O) groups excluding carboxylic acids is 1. The summed E-state index contributed by atoms with van der Waals surface area (Å²) in [5, 5.41) is 15.3. The van der Waals surface area contributed by atoms with Gasteiger partial charge in [-0.05, 0) is 85.3 Å². The molecule has 3 aromatic rings. The molecule has 0 radical (unpaired) electrons. The van der Waals surface area contributed by atoms with E-state index < -0.39 is 16.5 Å². The minimum absolute atomic E-state index is 0. The van der Waals surface area contributed by atoms with Crippen molar-refractivity contribution in [2.75, 3.05) is 18.5 Å². The number of rotatable bonds is 6. The topological polar surface area (TPSA) is 114 Å². The predicted octanol–water partition coefficient (Wildman–Crippen LogP) is 5.95. The maximum Gasteiger partial charge on any atom is 0.236 e. The lowest BCUT2D eigenvalue weighted by atomic mass is 9.68. The van der Waals surface area contributed by atoms with Crippen molar-refractivity contribution in [3.05, 3.63) is 77.3 Å². The quantitative estimate of drug-likeness (QED) is 0.321. The first-order valence-electron chi connectivity index (χ1n) is 13.0. The molecule has 3 N–H and O–H groups in total. The Morgan fingerprint density at radius 1 is 1.08 bits per heavy atom. The Hall–Kier alpha value is -2.62. The SMILES string of the molecule is O=C(Nc1cccc(-c2ccc(S(=O)[O-])cc2)n1)C1(c2ccc(Cl)cc2)CCCCC1.OC[C@H]1CCCN1.[HH].[HH].[HH]. The minimum Gasteiger partial charge on any atom is -0.768 e. The molecule has 1 saturated carbocycles. The highest BCUT2D eigenvalue weighted by Gasteiger charge is 2.41. The highest BCUT2D eigenvalue weighted by molar-refractivity contribution is 7.79. The fourth-order valence-electron chi connectivity index (χ4n) is 5.12. The second-order valence-electron chi connectivity index (χ2n) is 9.75. The molecule has 1 aromatic heterocycles. The number of anilines is 1. The van der Waals surface area contributed by atoms with Gasteiger partial charge in [-0.1, -0.05) is 61.2 Å². The van der Waals surface area contributed by atoms with Gasteiger partial charge in [-0.3, -0.25) is 9.00 Å². The number of pyridine rings is 1. The van der Waals surface area contributed by atoms with Crippen molar-refractivity contribution in [3.8, 4) is 11.3 Å². The summed E-state index contributed by atoms with van der Waals surface area (Å²) in [4.78, 5) is 18.3. The van der Waals surface area contributed by atoms with Crippen molar-refractivity contribution >= 4 is 34.4 Å². The molecule has 1 amide bonds. The number of nitrogens with one attached hydrogen (secondary N) is 2. The van der Waals surface area contributed by atoms with Gasteiger partial charge in [0.25, 0.3) is 0 Å². The van der Waals surface area contributed by atoms with Crippen LogP contribution in [0.2, 0.25) is 5.02 Å². The number of benzene rings is 2. The normalized spacial score (nSPS) is 19.2. The van der Waals surface area contributed by atoms with Gasteiger partial charge in [-0.2, -0.15) is 0 Å². The smallest absolute Gasteiger partial charge is 0.236 e. The van der Waals surface area contributed by atoms with Crippen molar-refractivity contribution in [3.63, 3.8) is 0 Å². The zero-order valence-corrected chi connectivity index (χ0v) is 22.8. The van der Waals surface area contributed by atoms with Gasteiger partial charge in [0.15, 0.2) is 0 Å². The molecule has 2 heterocycles. The van der Waals surface area contributed by atoms with Crippen molar-refractivity contribution in [2.24, 2.45) is 0 Å². The standard InChI is InChI=1S/C24H23ClN2O3S.C5H11NO.3H2/c25-19-11-9-18(10-12-19)24(15-2-1-3-16-24)23(28)27-22-6-4-5-21(26-22)17-7-13-20(14-8-17)31(29)30;7-4-5-2-1-3-6-5;;;/h4-14H,1-3,15-16H2,(H,29,30)(H,26,27,28);5-7H,1-4H2;3*1H/p-1/t;5-;;;/m.1.../s1. The first-order chi connectivity index (χ1) is 18.4. The van der Waals surface area contributed by atoms with Crippen molar-refractivity contribution < 1.29 is 22.9 Å². The number of halogens is 1. The summed E-state index contributed by atoms with van der Waals surface area (Å²) >= 11 is 3.79. The van der Waals surface area contributed by atoms with Crippen molar-refractivity contribution in [1.82, 2.24) is 10.3 Å². The van der Waals surface area contributed by atoms with Crippen LogP contribution in [0.1, 0.15) is 54.8 Å². The van der Waals surface area contributed by atoms with Crippen LogP contribution in [0.25, 0.3) is 11.3 Å². The molecule has 38 heavy (non-hydrogen) atoms. The molecule has 1 aliphatic carbocycles. The Kier molecular flexibility index (Phi) is 10.0. The summed E-state index contributed by atoms with van der Waals surface area (Å²) in [5.41, 5.74) is 1.81. The van der Waals surface area contributed by atoms with Crippen molar-refractivity contribution in [1.29, 1.82) is 0 Å². The van der Waals surface area contributed by atoms with Gasteiger partial charge in [0, 0.05) is 25.8 Å². The average Bonchev–Trinajstić information content (AvgIpc) is 3.49. The van der Waals surface area contributed by atoms with E-state index in [1.807, 2.05) is 36.4 Å². The fraction of sp³-hybridized carbons (Fsp3) is 0.379. The van der Waals surface area contributed by atoms with Gasteiger partial charge in [0.2, 0.25) is 5.91 Å². The molecule has 2 aliphatic rings. The Morgan fingerprint density at radius 3 is 2.37 bits per heavy atom. The summed E-state index contributed by atoms with van der Waals surface area (Å²) in [5.74, 6) is 0.411. The molecule has 2 fully saturated rings. The summed E-state index contributed by atoms with van der Waals surface area (Å²) in [6, 6.07) is 19.8. The van der Waals surface area contributed by atoms with Crippen LogP contribution < -0.4 is 10.6 Å². The second-order valence-corrected chi connectivity index (χ2v) is 11.1. The number of nitrogens with zero attached hydrogens (tertiary/aromatic N) is 1. The first kappa shape index (κ1) is 28.4. The molecule has 9 heteroatoms. The van der Waals surface area contributed by atoms with E-state index >= 15 is 0 Å². The number of hydrogen-bond acceptors (Lipinski definition) is 6. The minimum atomic E-state index is -2.27. The molecule has 0 spiro atoms. The maximum absolute atomic E-state index is 13.5. The third kappa shape index (κ3) is 7.07. The van der Waals surface area contributed by atoms with Crippen LogP contribution in [0, 0.1) is 0 Å². The Labute approximate surface area is 235 Å². The van der Waals surface area contributed by atoms with Crippen LogP contribution in [0.15, 0.2) is 71.6 Å². The van der Waals surface area contributed by atoms with Crippen LogP contribution >= 0.6 is 11.6 Å². The van der Waals surface area contributed by atoms with E-state index in [2.05, 4.69) is 15.6 Å². The largest absolute Gasteiger partial charge is 0.768 e. The molecule has 1 saturated heterocycles. The van der Waals surface area contributed by atoms with Crippen LogP contribution in [0.3, 0.4) is 0 Å². The number of aliphatic hydroxyl groups excluding tert-OH is 1. The molecule has 208 valence electrons. The molecule has 2 atom stereocenters. The van der Waals surface area contributed by atoms with Crippen LogP contribution in [0.5, 0.6) is 0 Å². The van der Waals surface area contributed by atoms with E-state index in [0.717, 1.165) is 56.2 Å². The molecule has 1 aliphatic heterocycles. The van der Waals surface area contributed by atoms with E-state index in [1.165, 1.54) is 18.6 Å². The zero-order chi connectivity index (χ0) is 27.0. The third-order valence-electron chi connectivity index (χ3n) is 7.25. The molecule has 5 rings (SSSR count). The van der Waals surface area contributed by atoms with Crippen molar-refractivity contribution in [2.45, 2.75) is 61.3 Å². The van der Waals surface area contributed by atoms with Crippen LogP contribution in [0.4, 0.5) is 5.82 Å². The van der Waals surface area contributed by atoms with Crippen LogP contribution in [-0.4, -0.2) is 44.0 Å². The van der Waals surface area contributed by atoms with Gasteiger partial charge in [0.1, 0.15) is 5.82 Å². The highest BCUT2D eigenvalue weighted by Crippen LogP contribution is 2.41. The summed E-state index contributed by atoms with van der Waals surface area (Å²) in [6.07, 6.45) is 7.07. The number of aromatic nitrogens is 1. The fourth-order valence-corrected chi connectivity index (χ4v) is 5.61. The zero-order valence-electron chi connectivity index (χ0n) is 21.2. The lowest BCUT2D eigenvalue weighted by molar-refractivity contribution is -0.122. The molecule has 2 aromatic carbocycles. The molecule has 1 unspecified atom stereocenters. The van der Waals surface area contributed by atoms with E-state index in [-0.39, 0.29) is 15.1 Å². The number of carbonyl (C=O) groups is 1. The number of aliphatic hydroxyl groups is 1. The summed E-state index contributed by atoms with van der Waals surface area (Å²) in [6.45, 7) is 1.39. The molecular weight excluding hydrogens is 522 g/mol. The molecule has 0 bridgehead atoms. The Morgan fingerprint density at radius 2 is 1.79 bits per heavy atom. The van der Waals surface area contributed by atoms with E-state index in [9.17, 15) is 13.6 Å². The van der Waals surface area contributed by atoms with Gasteiger partial charge >= 0.3 is 0 Å². The lowest BCUT2D eigenvalue weighted by Gasteiger charge is -2.36. The summed E-state index contributed by atoms with van der Waals surface area (Å²) < 4.78 is 22.1. The molecular formula is C29H39ClN3O4S-. The molecule has 7 nitrogen and oxygen atoms in total. The third-order valence-corrected chi connectivity index (χ3v) is 8.16. The second kappa shape index (κ2) is 13.4. The first-order valence-corrected chi connectivity index (χ1v) is 14.4. The van der Waals surface area contributed by atoms with Gasteiger partial charge in [-0.15, -0.1) is 0 Å². The predicted molar refractivity (Wildman–Crippen MR) is 156 cm³/mol. The van der Waals surface area contributed by atoms with E-state index in [1.54, 1.807) is 18.2 Å². The average molecular weight is 561 g/mol. The maximum atomic E-state index is 13.5. The van der Waals surface area contributed by atoms with Gasteiger partial charge in [-0.25, -0.2) is 4.98 Å². The lowest BCUT2D eigenvalue weighted by Crippen LogP contribution is -2.42. The summed E-state index contributed by atoms with van der Waals surface area (Å²) in [7, 11) is 0. The Balaban J connectivity index is 0.000000739.